The van der Waals surface area contributed by atoms with Crippen LogP contribution < -0.4 is 21.1 Å². The molecule has 10 nitrogen and oxygen atoms in total. The van der Waals surface area contributed by atoms with Crippen molar-refractivity contribution in [2.75, 3.05) is 19.4 Å². The second-order valence-corrected chi connectivity index (χ2v) is 7.62. The molecule has 0 saturated carbocycles. The molecular weight excluding hydrogens is 426 g/mol. The molecule has 0 radical (unpaired) electrons. The van der Waals surface area contributed by atoms with E-state index < -0.39 is 12.1 Å². The molecule has 1 aliphatic heterocycles. The number of urea groups is 1. The van der Waals surface area contributed by atoms with Crippen molar-refractivity contribution in [1.29, 1.82) is 0 Å². The van der Waals surface area contributed by atoms with Gasteiger partial charge in [0.15, 0.2) is 5.82 Å². The SMILES string of the molecule is COc1ccc2c(c1)C(=O)N(C[C@H](NC(=O)NC=O)c1ccc(-c3c(N)noc3C)cc1)C2. The number of nitrogen functional groups attached to an aromatic ring is 1. The van der Waals surface area contributed by atoms with Crippen LogP contribution in [0.15, 0.2) is 47.0 Å². The number of ether oxygens (including phenoxy) is 1. The van der Waals surface area contributed by atoms with Gasteiger partial charge in [-0.1, -0.05) is 35.5 Å². The van der Waals surface area contributed by atoms with Gasteiger partial charge in [-0.25, -0.2) is 4.79 Å². The molecule has 33 heavy (non-hydrogen) atoms. The maximum atomic E-state index is 13.0. The van der Waals surface area contributed by atoms with E-state index in [4.69, 9.17) is 15.0 Å². The predicted octanol–water partition coefficient (Wildman–Crippen LogP) is 2.39. The number of carbonyl (C=O) groups excluding carboxylic acids is 3. The van der Waals surface area contributed by atoms with Crippen LogP contribution in [0.2, 0.25) is 0 Å². The molecule has 0 saturated heterocycles. The summed E-state index contributed by atoms with van der Waals surface area (Å²) in [6.07, 6.45) is 0.302. The van der Waals surface area contributed by atoms with Crippen LogP contribution in [0.5, 0.6) is 5.75 Å². The summed E-state index contributed by atoms with van der Waals surface area (Å²) in [5.74, 6) is 1.33. The number of rotatable bonds is 7. The van der Waals surface area contributed by atoms with E-state index in [1.165, 1.54) is 0 Å². The largest absolute Gasteiger partial charge is 0.497 e. The minimum Gasteiger partial charge on any atom is -0.497 e. The molecule has 0 bridgehead atoms. The Hall–Kier alpha value is -4.34. The molecule has 2 heterocycles. The number of anilines is 1. The Labute approximate surface area is 189 Å². The fraction of sp³-hybridized carbons (Fsp3) is 0.217. The lowest BCUT2D eigenvalue weighted by Crippen LogP contribution is -2.42. The molecule has 170 valence electrons. The number of aromatic nitrogens is 1. The van der Waals surface area contributed by atoms with Gasteiger partial charge in [-0.05, 0) is 35.7 Å². The van der Waals surface area contributed by atoms with Gasteiger partial charge in [-0.2, -0.15) is 0 Å². The fourth-order valence-electron chi connectivity index (χ4n) is 3.95. The number of aryl methyl sites for hydroxylation is 1. The van der Waals surface area contributed by atoms with E-state index in [-0.39, 0.29) is 18.3 Å². The third-order valence-electron chi connectivity index (χ3n) is 5.59. The standard InChI is InChI=1S/C23H23N5O5/c1-13-20(21(24)27-33-13)15-5-3-14(4-6-15)19(26-23(31)25-12-29)11-28-10-16-7-8-17(32-2)9-18(16)22(28)30/h3-9,12,19H,10-11H2,1-2H3,(H2,24,27)(H2,25,26,29,31)/t19-/m0/s1. The Kier molecular flexibility index (Phi) is 5.99. The molecule has 4 N–H and O–H groups in total. The van der Waals surface area contributed by atoms with Gasteiger partial charge in [0.2, 0.25) is 6.41 Å². The average Bonchev–Trinajstić information content (AvgIpc) is 3.31. The number of nitrogens with one attached hydrogen (secondary N) is 2. The summed E-state index contributed by atoms with van der Waals surface area (Å²) in [5, 5.41) is 8.60. The summed E-state index contributed by atoms with van der Waals surface area (Å²) in [5.41, 5.74) is 9.60. The maximum absolute atomic E-state index is 13.0. The number of hydrogen-bond acceptors (Lipinski definition) is 7. The number of nitrogens with two attached hydrogens (primary N) is 1. The summed E-state index contributed by atoms with van der Waals surface area (Å²) >= 11 is 0. The van der Waals surface area contributed by atoms with Crippen LogP contribution in [-0.4, -0.2) is 42.1 Å². The van der Waals surface area contributed by atoms with Crippen LogP contribution in [0.4, 0.5) is 10.6 Å². The number of amides is 4. The molecule has 4 rings (SSSR count). The van der Waals surface area contributed by atoms with Crippen LogP contribution in [-0.2, 0) is 11.3 Å². The highest BCUT2D eigenvalue weighted by Gasteiger charge is 2.30. The van der Waals surface area contributed by atoms with E-state index in [0.29, 0.717) is 35.6 Å². The molecule has 1 aliphatic rings. The van der Waals surface area contributed by atoms with Gasteiger partial charge in [0.25, 0.3) is 5.91 Å². The zero-order valence-corrected chi connectivity index (χ0v) is 18.1. The van der Waals surface area contributed by atoms with Gasteiger partial charge in [0.05, 0.1) is 18.7 Å². The molecule has 0 spiro atoms. The number of hydrogen-bond donors (Lipinski definition) is 3. The fourth-order valence-corrected chi connectivity index (χ4v) is 3.95. The van der Waals surface area contributed by atoms with Gasteiger partial charge < -0.3 is 25.2 Å². The van der Waals surface area contributed by atoms with Crippen LogP contribution in [0, 0.1) is 6.92 Å². The average molecular weight is 449 g/mol. The molecule has 10 heteroatoms. The van der Waals surface area contributed by atoms with Crippen molar-refractivity contribution in [1.82, 2.24) is 20.7 Å². The number of carbonyl (C=O) groups is 3. The number of benzene rings is 2. The van der Waals surface area contributed by atoms with E-state index >= 15 is 0 Å². The summed E-state index contributed by atoms with van der Waals surface area (Å²) < 4.78 is 10.4. The van der Waals surface area contributed by atoms with Crippen molar-refractivity contribution in [3.8, 4) is 16.9 Å². The first-order valence-corrected chi connectivity index (χ1v) is 10.2. The third kappa shape index (κ3) is 4.36. The number of nitrogens with zero attached hydrogens (tertiary/aromatic N) is 2. The highest BCUT2D eigenvalue weighted by atomic mass is 16.5. The lowest BCUT2D eigenvalue weighted by atomic mass is 10.0. The minimum atomic E-state index is -0.663. The van der Waals surface area contributed by atoms with Crippen molar-refractivity contribution < 1.29 is 23.6 Å². The van der Waals surface area contributed by atoms with Gasteiger partial charge in [0, 0.05) is 18.7 Å². The van der Waals surface area contributed by atoms with Crippen LogP contribution >= 0.6 is 0 Å². The van der Waals surface area contributed by atoms with Crippen molar-refractivity contribution in [2.45, 2.75) is 19.5 Å². The normalized spacial score (nSPS) is 13.4. The van der Waals surface area contributed by atoms with Crippen LogP contribution in [0.3, 0.4) is 0 Å². The van der Waals surface area contributed by atoms with E-state index in [2.05, 4.69) is 15.8 Å². The lowest BCUT2D eigenvalue weighted by molar-refractivity contribution is -0.108. The first-order valence-electron chi connectivity index (χ1n) is 10.2. The Balaban J connectivity index is 1.59. The monoisotopic (exact) mass is 449 g/mol. The Morgan fingerprint density at radius 1 is 1.30 bits per heavy atom. The van der Waals surface area contributed by atoms with Gasteiger partial charge >= 0.3 is 6.03 Å². The van der Waals surface area contributed by atoms with E-state index in [0.717, 1.165) is 16.7 Å². The molecule has 1 aromatic heterocycles. The third-order valence-corrected chi connectivity index (χ3v) is 5.59. The van der Waals surface area contributed by atoms with Crippen molar-refractivity contribution in [3.63, 3.8) is 0 Å². The Bertz CT molecular complexity index is 1180. The summed E-state index contributed by atoms with van der Waals surface area (Å²) in [6.45, 7) is 2.38. The van der Waals surface area contributed by atoms with Crippen molar-refractivity contribution in [2.24, 2.45) is 0 Å². The smallest absolute Gasteiger partial charge is 0.321 e. The van der Waals surface area contributed by atoms with E-state index in [9.17, 15) is 14.4 Å². The zero-order valence-electron chi connectivity index (χ0n) is 18.1. The second kappa shape index (κ2) is 9.03. The van der Waals surface area contributed by atoms with Gasteiger partial charge in [-0.3, -0.25) is 14.9 Å². The van der Waals surface area contributed by atoms with Crippen LogP contribution in [0.25, 0.3) is 11.1 Å². The summed E-state index contributed by atoms with van der Waals surface area (Å²) in [7, 11) is 1.54. The van der Waals surface area contributed by atoms with Crippen molar-refractivity contribution in [3.05, 3.63) is 64.9 Å². The van der Waals surface area contributed by atoms with Gasteiger partial charge in [0.1, 0.15) is 11.5 Å². The van der Waals surface area contributed by atoms with Crippen molar-refractivity contribution >= 4 is 24.2 Å². The Morgan fingerprint density at radius 3 is 2.70 bits per heavy atom. The van der Waals surface area contributed by atoms with Gasteiger partial charge in [-0.15, -0.1) is 0 Å². The summed E-state index contributed by atoms with van der Waals surface area (Å²) in [4.78, 5) is 37.4. The molecular formula is C23H23N5O5. The number of methoxy groups -OCH3 is 1. The summed E-state index contributed by atoms with van der Waals surface area (Å²) in [6, 6.07) is 11.5. The molecule has 0 fully saturated rings. The zero-order chi connectivity index (χ0) is 23.5. The molecule has 1 atom stereocenters. The predicted molar refractivity (Wildman–Crippen MR) is 119 cm³/mol. The number of fused-ring (bicyclic) bond motifs is 1. The highest BCUT2D eigenvalue weighted by molar-refractivity contribution is 5.98. The highest BCUT2D eigenvalue weighted by Crippen LogP contribution is 2.31. The minimum absolute atomic E-state index is 0.156. The van der Waals surface area contributed by atoms with Crippen LogP contribution in [0.1, 0.15) is 33.3 Å². The molecule has 0 aliphatic carbocycles. The Morgan fingerprint density at radius 2 is 2.06 bits per heavy atom. The maximum Gasteiger partial charge on any atom is 0.321 e. The van der Waals surface area contributed by atoms with E-state index in [1.807, 2.05) is 30.3 Å². The first kappa shape index (κ1) is 21.9. The lowest BCUT2D eigenvalue weighted by Gasteiger charge is -2.25. The second-order valence-electron chi connectivity index (χ2n) is 7.62. The topological polar surface area (TPSA) is 140 Å². The number of imide groups is 1. The quantitative estimate of drug-likeness (QED) is 0.471. The molecule has 0 unspecified atom stereocenters. The molecule has 4 amide bonds. The molecule has 3 aromatic rings. The molecule has 2 aromatic carbocycles. The first-order chi connectivity index (χ1) is 15.9. The van der Waals surface area contributed by atoms with E-state index in [1.54, 1.807) is 31.1 Å².